The van der Waals surface area contributed by atoms with Crippen molar-refractivity contribution >= 4 is 11.6 Å². The van der Waals surface area contributed by atoms with Gasteiger partial charge in [0.15, 0.2) is 5.76 Å². The summed E-state index contributed by atoms with van der Waals surface area (Å²) in [5.74, 6) is 0.602. The number of amides is 1. The first-order chi connectivity index (χ1) is 12.3. The Balaban J connectivity index is 1.65. The number of nitrogens with one attached hydrogen (secondary N) is 1. The van der Waals surface area contributed by atoms with Crippen molar-refractivity contribution in [2.45, 2.75) is 13.0 Å². The Bertz CT molecular complexity index is 877. The Kier molecular flexibility index (Phi) is 5.13. The third-order valence-corrected chi connectivity index (χ3v) is 3.59. The number of ether oxygens (including phenoxy) is 1. The van der Waals surface area contributed by atoms with Crippen molar-refractivity contribution in [2.75, 3.05) is 5.32 Å². The summed E-state index contributed by atoms with van der Waals surface area (Å²) < 4.78 is 11.0. The zero-order chi connectivity index (χ0) is 17.5. The average Bonchev–Trinajstić information content (AvgIpc) is 3.11. The Hall–Kier alpha value is -3.52. The Morgan fingerprint density at radius 2 is 1.84 bits per heavy atom. The Labute approximate surface area is 145 Å². The molecule has 3 aromatic rings. The quantitative estimate of drug-likeness (QED) is 0.735. The van der Waals surface area contributed by atoms with Gasteiger partial charge in [-0.15, -0.1) is 0 Å². The third kappa shape index (κ3) is 4.27. The van der Waals surface area contributed by atoms with Crippen LogP contribution in [0.25, 0.3) is 0 Å². The van der Waals surface area contributed by atoms with E-state index in [1.54, 1.807) is 30.3 Å². The van der Waals surface area contributed by atoms with Crippen LogP contribution >= 0.6 is 0 Å². The van der Waals surface area contributed by atoms with Gasteiger partial charge in [-0.25, -0.2) is 0 Å². The van der Waals surface area contributed by atoms with E-state index in [0.29, 0.717) is 17.7 Å². The smallest absolute Gasteiger partial charge is 0.291 e. The molecule has 5 nitrogen and oxygen atoms in total. The zero-order valence-corrected chi connectivity index (χ0v) is 13.4. The highest BCUT2D eigenvalue weighted by Crippen LogP contribution is 2.18. The standard InChI is InChI=1S/C20H16N2O3/c21-12-10-15-6-8-17(9-7-15)22-20(23)19-16(11-13-24-19)14-25-18-4-2-1-3-5-18/h1-9,11,13H,10,14H2,(H,22,23). The minimum absolute atomic E-state index is 0.219. The molecule has 0 aliphatic rings. The van der Waals surface area contributed by atoms with Crippen LogP contribution in [-0.2, 0) is 13.0 Å². The lowest BCUT2D eigenvalue weighted by atomic mass is 10.1. The van der Waals surface area contributed by atoms with Crippen molar-refractivity contribution in [1.29, 1.82) is 5.26 Å². The summed E-state index contributed by atoms with van der Waals surface area (Å²) in [4.78, 5) is 12.4. The van der Waals surface area contributed by atoms with E-state index in [-0.39, 0.29) is 18.3 Å². The van der Waals surface area contributed by atoms with Crippen molar-refractivity contribution in [3.05, 3.63) is 83.8 Å². The van der Waals surface area contributed by atoms with Gasteiger partial charge in [-0.05, 0) is 35.9 Å². The van der Waals surface area contributed by atoms with E-state index in [0.717, 1.165) is 11.3 Å². The predicted octanol–water partition coefficient (Wildman–Crippen LogP) is 4.18. The molecule has 1 aromatic heterocycles. The molecule has 1 amide bonds. The molecule has 1 N–H and O–H groups in total. The van der Waals surface area contributed by atoms with Crippen LogP contribution < -0.4 is 10.1 Å². The first kappa shape index (κ1) is 16.3. The van der Waals surface area contributed by atoms with Crippen LogP contribution in [-0.4, -0.2) is 5.91 Å². The van der Waals surface area contributed by atoms with Gasteiger partial charge in [-0.2, -0.15) is 5.26 Å². The number of nitriles is 1. The summed E-state index contributed by atoms with van der Waals surface area (Å²) >= 11 is 0. The van der Waals surface area contributed by atoms with E-state index >= 15 is 0 Å². The van der Waals surface area contributed by atoms with Gasteiger partial charge in [0, 0.05) is 11.3 Å². The van der Waals surface area contributed by atoms with Crippen molar-refractivity contribution < 1.29 is 13.9 Å². The number of furan rings is 1. The van der Waals surface area contributed by atoms with Gasteiger partial charge in [0.25, 0.3) is 5.91 Å². The van der Waals surface area contributed by atoms with Gasteiger partial charge in [-0.1, -0.05) is 30.3 Å². The molecule has 0 aliphatic carbocycles. The minimum Gasteiger partial charge on any atom is -0.489 e. The van der Waals surface area contributed by atoms with Crippen LogP contribution in [0.15, 0.2) is 71.3 Å². The Morgan fingerprint density at radius 1 is 1.08 bits per heavy atom. The molecule has 1 heterocycles. The Morgan fingerprint density at radius 3 is 2.56 bits per heavy atom. The zero-order valence-electron chi connectivity index (χ0n) is 13.4. The number of rotatable bonds is 6. The van der Waals surface area contributed by atoms with Gasteiger partial charge in [0.2, 0.25) is 0 Å². The van der Waals surface area contributed by atoms with Gasteiger partial charge < -0.3 is 14.5 Å². The van der Waals surface area contributed by atoms with Crippen molar-refractivity contribution in [1.82, 2.24) is 0 Å². The van der Waals surface area contributed by atoms with Crippen molar-refractivity contribution in [3.8, 4) is 11.8 Å². The number of nitrogens with zero attached hydrogens (tertiary/aromatic N) is 1. The number of hydrogen-bond acceptors (Lipinski definition) is 4. The molecule has 0 unspecified atom stereocenters. The highest BCUT2D eigenvalue weighted by molar-refractivity contribution is 6.03. The maximum atomic E-state index is 12.4. The number of carbonyl (C=O) groups excluding carboxylic acids is 1. The predicted molar refractivity (Wildman–Crippen MR) is 93.2 cm³/mol. The van der Waals surface area contributed by atoms with Gasteiger partial charge in [-0.3, -0.25) is 4.79 Å². The largest absolute Gasteiger partial charge is 0.489 e. The van der Waals surface area contributed by atoms with Crippen molar-refractivity contribution in [2.24, 2.45) is 0 Å². The highest BCUT2D eigenvalue weighted by atomic mass is 16.5. The SMILES string of the molecule is N#CCc1ccc(NC(=O)c2occc2COc2ccccc2)cc1. The van der Waals surface area contributed by atoms with E-state index in [1.165, 1.54) is 6.26 Å². The second-order valence-corrected chi connectivity index (χ2v) is 5.36. The number of anilines is 1. The first-order valence-corrected chi connectivity index (χ1v) is 7.78. The molecule has 0 bridgehead atoms. The van der Waals surface area contributed by atoms with Crippen LogP contribution in [0.5, 0.6) is 5.75 Å². The molecule has 25 heavy (non-hydrogen) atoms. The van der Waals surface area contributed by atoms with E-state index in [4.69, 9.17) is 14.4 Å². The molecule has 0 aliphatic heterocycles. The number of carbonyl (C=O) groups is 1. The topological polar surface area (TPSA) is 75.3 Å². The van der Waals surface area contributed by atoms with Crippen LogP contribution in [0.3, 0.4) is 0 Å². The fourth-order valence-corrected chi connectivity index (χ4v) is 2.31. The fraction of sp³-hybridized carbons (Fsp3) is 0.100. The lowest BCUT2D eigenvalue weighted by Gasteiger charge is -2.07. The van der Waals surface area contributed by atoms with Gasteiger partial charge in [0.1, 0.15) is 12.4 Å². The van der Waals surface area contributed by atoms with Crippen LogP contribution in [0.4, 0.5) is 5.69 Å². The van der Waals surface area contributed by atoms with Gasteiger partial charge in [0.05, 0.1) is 18.8 Å². The molecule has 124 valence electrons. The lowest BCUT2D eigenvalue weighted by molar-refractivity contribution is 0.0993. The average molecular weight is 332 g/mol. The lowest BCUT2D eigenvalue weighted by Crippen LogP contribution is -2.13. The molecule has 0 radical (unpaired) electrons. The molecule has 2 aromatic carbocycles. The fourth-order valence-electron chi connectivity index (χ4n) is 2.31. The van der Waals surface area contributed by atoms with Gasteiger partial charge >= 0.3 is 0 Å². The molecule has 5 heteroatoms. The number of hydrogen-bond donors (Lipinski definition) is 1. The van der Waals surface area contributed by atoms with E-state index in [9.17, 15) is 4.79 Å². The van der Waals surface area contributed by atoms with E-state index in [1.807, 2.05) is 30.3 Å². The summed E-state index contributed by atoms with van der Waals surface area (Å²) in [6, 6.07) is 20.3. The third-order valence-electron chi connectivity index (χ3n) is 3.59. The molecule has 0 saturated carbocycles. The molecule has 0 spiro atoms. The molecular formula is C20H16N2O3. The summed E-state index contributed by atoms with van der Waals surface area (Å²) in [5, 5.41) is 11.5. The van der Waals surface area contributed by atoms with Crippen LogP contribution in [0, 0.1) is 11.3 Å². The van der Waals surface area contributed by atoms with E-state index in [2.05, 4.69) is 11.4 Å². The first-order valence-electron chi connectivity index (χ1n) is 7.78. The summed E-state index contributed by atoms with van der Waals surface area (Å²) in [7, 11) is 0. The van der Waals surface area contributed by atoms with Crippen molar-refractivity contribution in [3.63, 3.8) is 0 Å². The molecule has 3 rings (SSSR count). The molecule has 0 saturated heterocycles. The maximum Gasteiger partial charge on any atom is 0.291 e. The second-order valence-electron chi connectivity index (χ2n) is 5.36. The highest BCUT2D eigenvalue weighted by Gasteiger charge is 2.16. The van der Waals surface area contributed by atoms with E-state index < -0.39 is 0 Å². The number of para-hydroxylation sites is 1. The molecular weight excluding hydrogens is 316 g/mol. The molecule has 0 fully saturated rings. The number of benzene rings is 2. The second kappa shape index (κ2) is 7.84. The molecule has 0 atom stereocenters. The summed E-state index contributed by atoms with van der Waals surface area (Å²) in [6.45, 7) is 0.240. The maximum absolute atomic E-state index is 12.4. The van der Waals surface area contributed by atoms with Crippen LogP contribution in [0.2, 0.25) is 0 Å². The summed E-state index contributed by atoms with van der Waals surface area (Å²) in [6.07, 6.45) is 1.81. The van der Waals surface area contributed by atoms with Crippen LogP contribution in [0.1, 0.15) is 21.7 Å². The summed E-state index contributed by atoms with van der Waals surface area (Å²) in [5.41, 5.74) is 2.20. The normalized spacial score (nSPS) is 10.0. The minimum atomic E-state index is -0.343. The monoisotopic (exact) mass is 332 g/mol.